The second-order valence-electron chi connectivity index (χ2n) is 5.38. The number of halogens is 1. The Morgan fingerprint density at radius 2 is 2.24 bits per heavy atom. The van der Waals surface area contributed by atoms with Crippen molar-refractivity contribution in [2.24, 2.45) is 0 Å². The van der Waals surface area contributed by atoms with Crippen LogP contribution < -0.4 is 5.32 Å². The molecule has 1 aliphatic rings. The normalized spacial score (nSPS) is 22.7. The molecule has 2 atom stereocenters. The first-order chi connectivity index (χ1) is 10.3. The van der Waals surface area contributed by atoms with Crippen molar-refractivity contribution in [2.45, 2.75) is 31.7 Å². The smallest absolute Gasteiger partial charge is 0.115 e. The van der Waals surface area contributed by atoms with Gasteiger partial charge in [-0.2, -0.15) is 5.10 Å². The monoisotopic (exact) mass is 290 g/mol. The molecule has 0 saturated carbocycles. The van der Waals surface area contributed by atoms with Crippen molar-refractivity contribution in [1.82, 2.24) is 30.4 Å². The minimum absolute atomic E-state index is 0.197. The molecule has 6 nitrogen and oxygen atoms in total. The van der Waals surface area contributed by atoms with Crippen LogP contribution >= 0.6 is 0 Å². The number of likely N-dealkylation sites (tertiary alicyclic amines) is 1. The molecule has 0 radical (unpaired) electrons. The maximum atomic E-state index is 13.7. The van der Waals surface area contributed by atoms with Gasteiger partial charge in [0.05, 0.1) is 0 Å². The van der Waals surface area contributed by atoms with Crippen molar-refractivity contribution in [1.29, 1.82) is 0 Å². The number of aromatic nitrogens is 4. The summed E-state index contributed by atoms with van der Waals surface area (Å²) in [6.07, 6.45) is 6.62. The molecule has 7 heteroatoms. The van der Waals surface area contributed by atoms with Crippen molar-refractivity contribution < 1.29 is 4.39 Å². The maximum Gasteiger partial charge on any atom is 0.115 e. The van der Waals surface area contributed by atoms with E-state index in [1.165, 1.54) is 6.33 Å². The van der Waals surface area contributed by atoms with Crippen LogP contribution in [0.25, 0.3) is 0 Å². The van der Waals surface area contributed by atoms with Crippen molar-refractivity contribution in [3.8, 4) is 0 Å². The molecule has 2 aromatic heterocycles. The molecule has 112 valence electrons. The van der Waals surface area contributed by atoms with Crippen LogP contribution in [0, 0.1) is 0 Å². The number of alkyl halides is 1. The SMILES string of the molecule is F[C@H]1C[C@@H](CNCc2ccn[nH]2)N(Cc2cncnc2)C1. The van der Waals surface area contributed by atoms with Crippen LogP contribution in [0.2, 0.25) is 0 Å². The molecule has 21 heavy (non-hydrogen) atoms. The van der Waals surface area contributed by atoms with Gasteiger partial charge in [0.2, 0.25) is 0 Å². The zero-order valence-electron chi connectivity index (χ0n) is 11.7. The molecule has 3 heterocycles. The molecule has 0 amide bonds. The Labute approximate surface area is 122 Å². The van der Waals surface area contributed by atoms with Gasteiger partial charge < -0.3 is 5.32 Å². The van der Waals surface area contributed by atoms with E-state index in [1.807, 2.05) is 6.07 Å². The number of rotatable bonds is 6. The molecule has 0 aliphatic carbocycles. The lowest BCUT2D eigenvalue weighted by atomic mass is 10.2. The molecule has 2 aromatic rings. The third-order valence-electron chi connectivity index (χ3n) is 3.73. The molecule has 1 aliphatic heterocycles. The highest BCUT2D eigenvalue weighted by Crippen LogP contribution is 2.22. The summed E-state index contributed by atoms with van der Waals surface area (Å²) < 4.78 is 13.7. The quantitative estimate of drug-likeness (QED) is 0.827. The Balaban J connectivity index is 1.52. The number of nitrogens with zero attached hydrogens (tertiary/aromatic N) is 4. The molecular formula is C14H19FN6. The second-order valence-corrected chi connectivity index (χ2v) is 5.38. The molecular weight excluding hydrogens is 271 g/mol. The van der Waals surface area contributed by atoms with Crippen molar-refractivity contribution in [3.05, 3.63) is 42.2 Å². The molecule has 1 saturated heterocycles. The van der Waals surface area contributed by atoms with Crippen LogP contribution in [-0.2, 0) is 13.1 Å². The topological polar surface area (TPSA) is 69.7 Å². The van der Waals surface area contributed by atoms with Crippen molar-refractivity contribution in [3.63, 3.8) is 0 Å². The van der Waals surface area contributed by atoms with Crippen LogP contribution in [0.3, 0.4) is 0 Å². The van der Waals surface area contributed by atoms with E-state index in [2.05, 4.69) is 30.4 Å². The van der Waals surface area contributed by atoms with Crippen LogP contribution in [0.4, 0.5) is 4.39 Å². The van der Waals surface area contributed by atoms with E-state index in [-0.39, 0.29) is 6.04 Å². The van der Waals surface area contributed by atoms with E-state index >= 15 is 0 Å². The van der Waals surface area contributed by atoms with Crippen LogP contribution in [0.15, 0.2) is 31.0 Å². The number of hydrogen-bond donors (Lipinski definition) is 2. The third-order valence-corrected chi connectivity index (χ3v) is 3.73. The number of nitrogens with one attached hydrogen (secondary N) is 2. The lowest BCUT2D eigenvalue weighted by molar-refractivity contribution is 0.229. The fourth-order valence-electron chi connectivity index (χ4n) is 2.73. The molecule has 3 rings (SSSR count). The van der Waals surface area contributed by atoms with Gasteiger partial charge in [0, 0.05) is 62.1 Å². The van der Waals surface area contributed by atoms with Crippen LogP contribution in [0.5, 0.6) is 0 Å². The Morgan fingerprint density at radius 3 is 3.00 bits per heavy atom. The Bertz CT molecular complexity index is 532. The van der Waals surface area contributed by atoms with E-state index in [9.17, 15) is 4.39 Å². The summed E-state index contributed by atoms with van der Waals surface area (Å²) in [5, 5.41) is 10.2. The van der Waals surface area contributed by atoms with Gasteiger partial charge in [-0.25, -0.2) is 14.4 Å². The summed E-state index contributed by atoms with van der Waals surface area (Å²) in [5.74, 6) is 0. The lowest BCUT2D eigenvalue weighted by Gasteiger charge is -2.24. The van der Waals surface area contributed by atoms with Gasteiger partial charge >= 0.3 is 0 Å². The van der Waals surface area contributed by atoms with E-state index in [0.29, 0.717) is 19.5 Å². The number of aromatic amines is 1. The summed E-state index contributed by atoms with van der Waals surface area (Å²) in [4.78, 5) is 10.2. The van der Waals surface area contributed by atoms with Crippen molar-refractivity contribution in [2.75, 3.05) is 13.1 Å². The summed E-state index contributed by atoms with van der Waals surface area (Å²) in [5.41, 5.74) is 2.05. The Morgan fingerprint density at radius 1 is 1.38 bits per heavy atom. The van der Waals surface area contributed by atoms with E-state index < -0.39 is 6.17 Å². The van der Waals surface area contributed by atoms with Crippen LogP contribution in [-0.4, -0.2) is 50.4 Å². The van der Waals surface area contributed by atoms with Crippen molar-refractivity contribution >= 4 is 0 Å². The van der Waals surface area contributed by atoms with E-state index in [0.717, 1.165) is 24.3 Å². The van der Waals surface area contributed by atoms with Crippen LogP contribution in [0.1, 0.15) is 17.7 Å². The molecule has 0 bridgehead atoms. The second kappa shape index (κ2) is 6.73. The summed E-state index contributed by atoms with van der Waals surface area (Å²) in [7, 11) is 0. The molecule has 0 spiro atoms. The highest BCUT2D eigenvalue weighted by atomic mass is 19.1. The summed E-state index contributed by atoms with van der Waals surface area (Å²) in [6, 6.07) is 2.13. The fraction of sp³-hybridized carbons (Fsp3) is 0.500. The Kier molecular flexibility index (Phi) is 4.52. The number of hydrogen-bond acceptors (Lipinski definition) is 5. The first-order valence-corrected chi connectivity index (χ1v) is 7.12. The standard InChI is InChI=1S/C14H19FN6/c15-12-3-14(7-16-6-13-1-2-19-20-13)21(9-12)8-11-4-17-10-18-5-11/h1-2,4-5,10,12,14,16H,3,6-9H2,(H,19,20)/t12-,14-/m0/s1. The summed E-state index contributed by atoms with van der Waals surface area (Å²) >= 11 is 0. The lowest BCUT2D eigenvalue weighted by Crippen LogP contribution is -2.37. The van der Waals surface area contributed by atoms with Gasteiger partial charge in [-0.15, -0.1) is 0 Å². The van der Waals surface area contributed by atoms with Gasteiger partial charge in [0.15, 0.2) is 0 Å². The van der Waals surface area contributed by atoms with Gasteiger partial charge in [0.1, 0.15) is 12.5 Å². The maximum absolute atomic E-state index is 13.7. The third kappa shape index (κ3) is 3.83. The highest BCUT2D eigenvalue weighted by Gasteiger charge is 2.31. The largest absolute Gasteiger partial charge is 0.310 e. The molecule has 0 aromatic carbocycles. The summed E-state index contributed by atoms with van der Waals surface area (Å²) in [6.45, 7) is 2.64. The Hall–Kier alpha value is -1.86. The zero-order chi connectivity index (χ0) is 14.5. The minimum atomic E-state index is -0.756. The first kappa shape index (κ1) is 14.1. The van der Waals surface area contributed by atoms with E-state index in [1.54, 1.807) is 18.6 Å². The molecule has 1 fully saturated rings. The number of H-pyrrole nitrogens is 1. The zero-order valence-corrected chi connectivity index (χ0v) is 11.7. The average Bonchev–Trinajstić information content (AvgIpc) is 3.11. The predicted molar refractivity (Wildman–Crippen MR) is 76.0 cm³/mol. The van der Waals surface area contributed by atoms with Gasteiger partial charge in [-0.3, -0.25) is 10.00 Å². The van der Waals surface area contributed by atoms with Gasteiger partial charge in [-0.1, -0.05) is 0 Å². The van der Waals surface area contributed by atoms with Gasteiger partial charge in [-0.05, 0) is 12.5 Å². The first-order valence-electron chi connectivity index (χ1n) is 7.12. The van der Waals surface area contributed by atoms with E-state index in [4.69, 9.17) is 0 Å². The average molecular weight is 290 g/mol. The minimum Gasteiger partial charge on any atom is -0.310 e. The molecule has 0 unspecified atom stereocenters. The predicted octanol–water partition coefficient (Wildman–Crippen LogP) is 0.902. The molecule has 2 N–H and O–H groups in total. The highest BCUT2D eigenvalue weighted by molar-refractivity contribution is 5.04. The van der Waals surface area contributed by atoms with Gasteiger partial charge in [0.25, 0.3) is 0 Å². The fourth-order valence-corrected chi connectivity index (χ4v) is 2.73.